The monoisotopic (exact) mass is 696 g/mol. The molecule has 12 rings (SSSR count). The Kier molecular flexibility index (Phi) is 6.77. The number of rotatable bonds is 3. The second kappa shape index (κ2) is 11.9. The molecule has 0 fully saturated rings. The smallest absolute Gasteiger partial charge is 0.213 e. The second-order valence-electron chi connectivity index (χ2n) is 14.0. The number of anilines is 2. The van der Waals surface area contributed by atoms with Crippen molar-refractivity contribution in [2.75, 3.05) is 4.90 Å². The van der Waals surface area contributed by atoms with Crippen LogP contribution in [0.4, 0.5) is 11.4 Å². The molecule has 2 atom stereocenters. The van der Waals surface area contributed by atoms with Crippen LogP contribution in [-0.2, 0) is 0 Å². The molecule has 8 aromatic carbocycles. The van der Waals surface area contributed by atoms with Crippen molar-refractivity contribution in [3.63, 3.8) is 0 Å². The fourth-order valence-corrected chi connectivity index (χ4v) is 9.05. The Morgan fingerprint density at radius 1 is 0.481 bits per heavy atom. The summed E-state index contributed by atoms with van der Waals surface area (Å²) in [6, 6.07) is 61.0. The van der Waals surface area contributed by atoms with Gasteiger partial charge in [0.25, 0.3) is 0 Å². The second-order valence-corrected chi connectivity index (χ2v) is 14.0. The molecule has 54 heavy (non-hydrogen) atoms. The molecule has 2 aromatic heterocycles. The predicted octanol–water partition coefficient (Wildman–Crippen LogP) is 13.5. The van der Waals surface area contributed by atoms with E-state index in [1.807, 2.05) is 19.9 Å². The molecule has 0 spiro atoms. The van der Waals surface area contributed by atoms with Gasteiger partial charge in [-0.2, -0.15) is 0 Å². The zero-order valence-corrected chi connectivity index (χ0v) is 30.0. The van der Waals surface area contributed by atoms with Crippen molar-refractivity contribution in [3.05, 3.63) is 181 Å². The van der Waals surface area contributed by atoms with Crippen LogP contribution in [0.25, 0.3) is 71.3 Å². The summed E-state index contributed by atoms with van der Waals surface area (Å²) in [6.45, 7) is 4.00. The molecule has 0 radical (unpaired) electrons. The maximum Gasteiger partial charge on any atom is 0.213 e. The van der Waals surface area contributed by atoms with Gasteiger partial charge in [-0.25, -0.2) is 0 Å². The number of furan rings is 1. The summed E-state index contributed by atoms with van der Waals surface area (Å²) in [5, 5.41) is 8.27. The summed E-state index contributed by atoms with van der Waals surface area (Å²) in [4.78, 5) is 2.41. The van der Waals surface area contributed by atoms with E-state index in [0.717, 1.165) is 50.1 Å². The van der Waals surface area contributed by atoms with Gasteiger partial charge in [-0.15, -0.1) is 0 Å². The van der Waals surface area contributed by atoms with E-state index in [1.165, 1.54) is 49.4 Å². The Bertz CT molecular complexity index is 3090. The fraction of sp³-hybridized carbons (Fsp3) is 0.0800. The van der Waals surface area contributed by atoms with E-state index in [2.05, 4.69) is 173 Å². The molecular weight excluding hydrogens is 661 g/mol. The Morgan fingerprint density at radius 3 is 1.91 bits per heavy atom. The lowest BCUT2D eigenvalue weighted by Crippen LogP contribution is -2.32. The maximum atomic E-state index is 7.01. The molecule has 258 valence electrons. The van der Waals surface area contributed by atoms with E-state index in [-0.39, 0.29) is 12.1 Å². The minimum atomic E-state index is -0.167. The van der Waals surface area contributed by atoms with E-state index in [0.29, 0.717) is 0 Å². The van der Waals surface area contributed by atoms with Crippen LogP contribution in [-0.4, -0.2) is 10.8 Å². The highest BCUT2D eigenvalue weighted by molar-refractivity contribution is 6.21. The Labute approximate surface area is 313 Å². The van der Waals surface area contributed by atoms with Crippen molar-refractivity contribution >= 4 is 65.9 Å². The maximum absolute atomic E-state index is 7.01. The van der Waals surface area contributed by atoms with Crippen molar-refractivity contribution in [2.24, 2.45) is 0 Å². The largest absolute Gasteiger partial charge is 0.469 e. The van der Waals surface area contributed by atoms with E-state index >= 15 is 0 Å². The molecule has 4 heteroatoms. The molecule has 4 nitrogen and oxygen atoms in total. The van der Waals surface area contributed by atoms with Crippen LogP contribution in [0.15, 0.2) is 174 Å². The number of nitrogens with zero attached hydrogens (tertiary/aromatic N) is 2. The zero-order valence-electron chi connectivity index (χ0n) is 30.0. The van der Waals surface area contributed by atoms with Crippen LogP contribution in [0, 0.1) is 0 Å². The SMILES string of the molecule is CC.c1ccc2c(c1)C1c3ccc(-c4ccc5c6c7ccccc7oc6n(-c6cccc7ccccc67)c5c4)cc3OC1N2c1cccc2ccccc12. The quantitative estimate of drug-likeness (QED) is 0.184. The summed E-state index contributed by atoms with van der Waals surface area (Å²) < 4.78 is 16.0. The first-order chi connectivity index (χ1) is 26.8. The average Bonchev–Trinajstić information content (AvgIpc) is 3.97. The van der Waals surface area contributed by atoms with Crippen LogP contribution < -0.4 is 9.64 Å². The van der Waals surface area contributed by atoms with Crippen LogP contribution in [0.2, 0.25) is 0 Å². The molecule has 2 aliphatic heterocycles. The van der Waals surface area contributed by atoms with Gasteiger partial charge in [-0.3, -0.25) is 4.57 Å². The normalized spacial score (nSPS) is 15.7. The molecular formula is C50H36N2O2. The first kappa shape index (κ1) is 30.8. The number of fused-ring (bicyclic) bond motifs is 12. The number of benzene rings is 8. The molecule has 0 saturated carbocycles. The first-order valence-corrected chi connectivity index (χ1v) is 18.9. The third kappa shape index (κ3) is 4.31. The summed E-state index contributed by atoms with van der Waals surface area (Å²) in [6.07, 6.45) is -0.167. The minimum Gasteiger partial charge on any atom is -0.469 e. The molecule has 0 amide bonds. The zero-order chi connectivity index (χ0) is 35.9. The van der Waals surface area contributed by atoms with Crippen LogP contribution >= 0.6 is 0 Å². The Hall–Kier alpha value is -6.78. The van der Waals surface area contributed by atoms with Crippen molar-refractivity contribution < 1.29 is 9.15 Å². The minimum absolute atomic E-state index is 0.116. The lowest BCUT2D eigenvalue weighted by atomic mass is 9.91. The molecule has 2 aliphatic rings. The average molecular weight is 697 g/mol. The van der Waals surface area contributed by atoms with Gasteiger partial charge < -0.3 is 14.1 Å². The number of ether oxygens (including phenoxy) is 1. The first-order valence-electron chi connectivity index (χ1n) is 18.9. The lowest BCUT2D eigenvalue weighted by Gasteiger charge is -2.28. The van der Waals surface area contributed by atoms with Crippen molar-refractivity contribution in [2.45, 2.75) is 26.0 Å². The highest BCUT2D eigenvalue weighted by Gasteiger charge is 2.47. The van der Waals surface area contributed by atoms with Gasteiger partial charge in [-0.05, 0) is 63.9 Å². The highest BCUT2D eigenvalue weighted by atomic mass is 16.5. The van der Waals surface area contributed by atoms with Gasteiger partial charge in [0.2, 0.25) is 5.71 Å². The summed E-state index contributed by atoms with van der Waals surface area (Å²) >= 11 is 0. The predicted molar refractivity (Wildman–Crippen MR) is 224 cm³/mol. The Morgan fingerprint density at radius 2 is 1.09 bits per heavy atom. The number of hydrogen-bond acceptors (Lipinski definition) is 3. The van der Waals surface area contributed by atoms with Gasteiger partial charge >= 0.3 is 0 Å². The molecule has 0 aliphatic carbocycles. The fourth-order valence-electron chi connectivity index (χ4n) is 9.05. The van der Waals surface area contributed by atoms with E-state index in [4.69, 9.17) is 9.15 Å². The summed E-state index contributed by atoms with van der Waals surface area (Å²) in [5.74, 6) is 1.06. The number of para-hydroxylation sites is 2. The van der Waals surface area contributed by atoms with Gasteiger partial charge in [0.15, 0.2) is 6.23 Å². The van der Waals surface area contributed by atoms with Gasteiger partial charge in [0.1, 0.15) is 11.3 Å². The van der Waals surface area contributed by atoms with Crippen molar-refractivity contribution in [1.29, 1.82) is 0 Å². The molecule has 10 aromatic rings. The Balaban J connectivity index is 0.00000168. The van der Waals surface area contributed by atoms with Gasteiger partial charge in [0.05, 0.1) is 28.2 Å². The third-order valence-corrected chi connectivity index (χ3v) is 11.3. The van der Waals surface area contributed by atoms with E-state index < -0.39 is 0 Å². The van der Waals surface area contributed by atoms with Gasteiger partial charge in [0, 0.05) is 32.8 Å². The molecule has 4 heterocycles. The molecule has 0 N–H and O–H groups in total. The van der Waals surface area contributed by atoms with Crippen molar-refractivity contribution in [3.8, 4) is 22.6 Å². The summed E-state index contributed by atoms with van der Waals surface area (Å²) in [7, 11) is 0. The summed E-state index contributed by atoms with van der Waals surface area (Å²) in [5.41, 5.74) is 11.1. The molecule has 0 saturated heterocycles. The standard InChI is InChI=1S/C48H30N2O2.C2H6/c1-3-15-33-29(11-1)13-9-20-39(33)49-41-19-7-5-17-35(41)45-38-26-24-32(28-44(38)52-47(45)49)31-23-25-36-42(27-31)50(40-21-10-14-30-12-2-4-16-34(30)40)48-46(36)37-18-6-8-22-43(37)51-48;1-2/h1-28,45,47H;1-2H3. The molecule has 0 bridgehead atoms. The van der Waals surface area contributed by atoms with Crippen molar-refractivity contribution in [1.82, 2.24) is 4.57 Å². The van der Waals surface area contributed by atoms with E-state index in [1.54, 1.807) is 0 Å². The third-order valence-electron chi connectivity index (χ3n) is 11.3. The van der Waals surface area contributed by atoms with Crippen LogP contribution in [0.1, 0.15) is 30.9 Å². The van der Waals surface area contributed by atoms with E-state index in [9.17, 15) is 0 Å². The van der Waals surface area contributed by atoms with Gasteiger partial charge in [-0.1, -0.05) is 147 Å². The number of aromatic nitrogens is 1. The van der Waals surface area contributed by atoms with Crippen LogP contribution in [0.3, 0.4) is 0 Å². The topological polar surface area (TPSA) is 30.5 Å². The highest BCUT2D eigenvalue weighted by Crippen LogP contribution is 2.56. The van der Waals surface area contributed by atoms with Crippen LogP contribution in [0.5, 0.6) is 5.75 Å². The lowest BCUT2D eigenvalue weighted by molar-refractivity contribution is 0.234. The number of hydrogen-bond donors (Lipinski definition) is 0. The molecule has 2 unspecified atom stereocenters.